The Bertz CT molecular complexity index is 1190. The van der Waals surface area contributed by atoms with Crippen LogP contribution in [0.2, 0.25) is 0 Å². The van der Waals surface area contributed by atoms with Crippen LogP contribution in [-0.4, -0.2) is 19.6 Å². The minimum Gasteiger partial charge on any atom is -0.454 e. The molecule has 0 amide bonds. The fourth-order valence-electron chi connectivity index (χ4n) is 2.99. The lowest BCUT2D eigenvalue weighted by Gasteiger charge is -1.99. The molecule has 2 aromatic carbocycles. The van der Waals surface area contributed by atoms with Crippen LogP contribution in [0.1, 0.15) is 11.4 Å². The van der Waals surface area contributed by atoms with Crippen molar-refractivity contribution in [2.45, 2.75) is 6.42 Å². The summed E-state index contributed by atoms with van der Waals surface area (Å²) in [6, 6.07) is 18.0. The zero-order valence-corrected chi connectivity index (χ0v) is 13.6. The third kappa shape index (κ3) is 2.52. The van der Waals surface area contributed by atoms with Crippen LogP contribution >= 0.6 is 0 Å². The van der Waals surface area contributed by atoms with Gasteiger partial charge in [-0.2, -0.15) is 9.50 Å². The van der Waals surface area contributed by atoms with Crippen molar-refractivity contribution >= 4 is 16.7 Å². The lowest BCUT2D eigenvalue weighted by molar-refractivity contribution is 0.624. The summed E-state index contributed by atoms with van der Waals surface area (Å²) in [5, 5.41) is 5.59. The molecule has 0 atom stereocenters. The maximum Gasteiger partial charge on any atom is 0.253 e. The summed E-state index contributed by atoms with van der Waals surface area (Å²) < 4.78 is 20.7. The Morgan fingerprint density at radius 1 is 1.00 bits per heavy atom. The molecular formula is C20H13FN4O. The SMILES string of the molecule is Fc1ccc(Cc2nc3nccc(-c4cc5ccccc5o4)n3n2)cc1. The topological polar surface area (TPSA) is 56.2 Å². The molecule has 5 rings (SSSR count). The highest BCUT2D eigenvalue weighted by atomic mass is 19.1. The van der Waals surface area contributed by atoms with Gasteiger partial charge in [0.05, 0.1) is 0 Å². The van der Waals surface area contributed by atoms with Gasteiger partial charge < -0.3 is 4.42 Å². The van der Waals surface area contributed by atoms with E-state index in [1.54, 1.807) is 22.8 Å². The van der Waals surface area contributed by atoms with Crippen LogP contribution in [0.5, 0.6) is 0 Å². The summed E-state index contributed by atoms with van der Waals surface area (Å²) in [6.45, 7) is 0. The molecular weight excluding hydrogens is 331 g/mol. The van der Waals surface area contributed by atoms with Crippen molar-refractivity contribution < 1.29 is 8.81 Å². The van der Waals surface area contributed by atoms with Crippen molar-refractivity contribution in [3.63, 3.8) is 0 Å². The number of hydrogen-bond donors (Lipinski definition) is 0. The van der Waals surface area contributed by atoms with E-state index in [-0.39, 0.29) is 5.82 Å². The van der Waals surface area contributed by atoms with Crippen LogP contribution in [0.25, 0.3) is 28.2 Å². The Hall–Kier alpha value is -3.54. The van der Waals surface area contributed by atoms with Crippen molar-refractivity contribution in [3.05, 3.63) is 84.1 Å². The molecule has 0 saturated carbocycles. The molecule has 0 aliphatic rings. The maximum atomic E-state index is 13.1. The minimum absolute atomic E-state index is 0.259. The lowest BCUT2D eigenvalue weighted by Crippen LogP contribution is -1.96. The molecule has 3 heterocycles. The molecule has 0 fully saturated rings. The van der Waals surface area contributed by atoms with Gasteiger partial charge in [0, 0.05) is 18.0 Å². The highest BCUT2D eigenvalue weighted by Gasteiger charge is 2.13. The van der Waals surface area contributed by atoms with Gasteiger partial charge in [0.2, 0.25) is 0 Å². The standard InChI is InChI=1S/C20H13FN4O/c21-15-7-5-13(6-8-15)11-19-23-20-22-10-9-16(25(20)24-19)18-12-14-3-1-2-4-17(14)26-18/h1-10,12H,11H2. The molecule has 0 aliphatic heterocycles. The van der Waals surface area contributed by atoms with E-state index in [0.717, 1.165) is 22.2 Å². The van der Waals surface area contributed by atoms with Gasteiger partial charge in [-0.15, -0.1) is 5.10 Å². The fraction of sp³-hybridized carbons (Fsp3) is 0.0500. The minimum atomic E-state index is -0.259. The molecule has 0 unspecified atom stereocenters. The average Bonchev–Trinajstić information content (AvgIpc) is 3.26. The third-order valence-corrected chi connectivity index (χ3v) is 4.24. The Kier molecular flexibility index (Phi) is 3.28. The van der Waals surface area contributed by atoms with Crippen molar-refractivity contribution in [3.8, 4) is 11.5 Å². The number of fused-ring (bicyclic) bond motifs is 2. The van der Waals surface area contributed by atoms with Crippen molar-refractivity contribution in [2.75, 3.05) is 0 Å². The summed E-state index contributed by atoms with van der Waals surface area (Å²) in [6.07, 6.45) is 2.19. The highest BCUT2D eigenvalue weighted by Crippen LogP contribution is 2.27. The summed E-state index contributed by atoms with van der Waals surface area (Å²) in [7, 11) is 0. The second-order valence-electron chi connectivity index (χ2n) is 6.02. The van der Waals surface area contributed by atoms with Gasteiger partial charge in [0.1, 0.15) is 17.1 Å². The van der Waals surface area contributed by atoms with E-state index in [4.69, 9.17) is 4.42 Å². The smallest absolute Gasteiger partial charge is 0.253 e. The lowest BCUT2D eigenvalue weighted by atomic mass is 10.1. The summed E-state index contributed by atoms with van der Waals surface area (Å²) in [5.41, 5.74) is 2.54. The van der Waals surface area contributed by atoms with E-state index in [1.165, 1.54) is 12.1 Å². The van der Waals surface area contributed by atoms with E-state index >= 15 is 0 Å². The molecule has 0 radical (unpaired) electrons. The van der Waals surface area contributed by atoms with Crippen molar-refractivity contribution in [1.82, 2.24) is 19.6 Å². The first-order valence-electron chi connectivity index (χ1n) is 8.20. The number of benzene rings is 2. The molecule has 5 nitrogen and oxygen atoms in total. The van der Waals surface area contributed by atoms with Crippen LogP contribution < -0.4 is 0 Å². The molecule has 0 bridgehead atoms. The Balaban J connectivity index is 1.58. The Labute approximate surface area is 147 Å². The summed E-state index contributed by atoms with van der Waals surface area (Å²) in [5.74, 6) is 1.56. The zero-order chi connectivity index (χ0) is 17.5. The molecule has 3 aromatic heterocycles. The van der Waals surface area contributed by atoms with Crippen LogP contribution in [0, 0.1) is 5.82 Å². The third-order valence-electron chi connectivity index (χ3n) is 4.24. The van der Waals surface area contributed by atoms with Crippen LogP contribution in [0.4, 0.5) is 4.39 Å². The number of furan rings is 1. The molecule has 0 N–H and O–H groups in total. The summed E-state index contributed by atoms with van der Waals surface area (Å²) >= 11 is 0. The number of para-hydroxylation sites is 1. The predicted molar refractivity (Wildman–Crippen MR) is 95.2 cm³/mol. The number of nitrogens with zero attached hydrogens (tertiary/aromatic N) is 4. The molecule has 26 heavy (non-hydrogen) atoms. The van der Waals surface area contributed by atoms with Gasteiger partial charge in [-0.3, -0.25) is 0 Å². The second kappa shape index (κ2) is 5.77. The van der Waals surface area contributed by atoms with Gasteiger partial charge in [-0.05, 0) is 35.9 Å². The van der Waals surface area contributed by atoms with Gasteiger partial charge in [-0.1, -0.05) is 30.3 Å². The molecule has 0 aliphatic carbocycles. The van der Waals surface area contributed by atoms with Gasteiger partial charge >= 0.3 is 0 Å². The molecule has 0 saturated heterocycles. The first-order chi connectivity index (χ1) is 12.8. The average molecular weight is 344 g/mol. The number of hydrogen-bond acceptors (Lipinski definition) is 4. The van der Waals surface area contributed by atoms with Gasteiger partial charge in [0.25, 0.3) is 5.78 Å². The maximum absolute atomic E-state index is 13.1. The largest absolute Gasteiger partial charge is 0.454 e. The van der Waals surface area contributed by atoms with Gasteiger partial charge in [0.15, 0.2) is 11.6 Å². The normalized spacial score (nSPS) is 11.4. The Morgan fingerprint density at radius 2 is 1.85 bits per heavy atom. The number of rotatable bonds is 3. The molecule has 6 heteroatoms. The number of aromatic nitrogens is 4. The van der Waals surface area contributed by atoms with Crippen LogP contribution in [-0.2, 0) is 6.42 Å². The summed E-state index contributed by atoms with van der Waals surface area (Å²) in [4.78, 5) is 8.76. The Morgan fingerprint density at radius 3 is 2.69 bits per heavy atom. The van der Waals surface area contributed by atoms with E-state index in [9.17, 15) is 4.39 Å². The highest BCUT2D eigenvalue weighted by molar-refractivity contribution is 5.82. The molecule has 0 spiro atoms. The van der Waals surface area contributed by atoms with E-state index in [1.807, 2.05) is 36.4 Å². The molecule has 126 valence electrons. The van der Waals surface area contributed by atoms with Crippen LogP contribution in [0.15, 0.2) is 71.3 Å². The predicted octanol–water partition coefficient (Wildman–Crippen LogP) is 4.27. The van der Waals surface area contributed by atoms with Gasteiger partial charge in [-0.25, -0.2) is 9.37 Å². The first-order valence-corrected chi connectivity index (χ1v) is 8.20. The number of halogens is 1. The van der Waals surface area contributed by atoms with Crippen molar-refractivity contribution in [2.24, 2.45) is 0 Å². The molecule has 5 aromatic rings. The van der Waals surface area contributed by atoms with Crippen LogP contribution in [0.3, 0.4) is 0 Å². The first kappa shape index (κ1) is 14.8. The monoisotopic (exact) mass is 344 g/mol. The second-order valence-corrected chi connectivity index (χ2v) is 6.02. The fourth-order valence-corrected chi connectivity index (χ4v) is 2.99. The van der Waals surface area contributed by atoms with E-state index < -0.39 is 0 Å². The quantitative estimate of drug-likeness (QED) is 0.490. The van der Waals surface area contributed by atoms with E-state index in [0.29, 0.717) is 23.8 Å². The van der Waals surface area contributed by atoms with Crippen molar-refractivity contribution in [1.29, 1.82) is 0 Å². The zero-order valence-electron chi connectivity index (χ0n) is 13.6. The van der Waals surface area contributed by atoms with E-state index in [2.05, 4.69) is 15.1 Å².